The van der Waals surface area contributed by atoms with Crippen LogP contribution in [0.3, 0.4) is 0 Å². The molecule has 1 heterocycles. The summed E-state index contributed by atoms with van der Waals surface area (Å²) >= 11 is 0. The van der Waals surface area contributed by atoms with Gasteiger partial charge in [0.15, 0.2) is 0 Å². The molecule has 0 aliphatic carbocycles. The van der Waals surface area contributed by atoms with Gasteiger partial charge in [0.25, 0.3) is 0 Å². The molecule has 61 valence electrons. The van der Waals surface area contributed by atoms with E-state index >= 15 is 0 Å². The maximum Gasteiger partial charge on any atom is 0.0482 e. The molecule has 0 bridgehead atoms. The standard InChI is InChI=1S/C11H12N/c1-2-5-11-10-7-4-3-6-9(10)8-12-11/h3-4,6-8H,2,5H2,1H3. The lowest BCUT2D eigenvalue weighted by atomic mass is 10.2. The van der Waals surface area contributed by atoms with Crippen LogP contribution in [0.15, 0.2) is 24.3 Å². The lowest BCUT2D eigenvalue weighted by Gasteiger charge is -1.96. The summed E-state index contributed by atoms with van der Waals surface area (Å²) in [5.74, 6) is 0. The van der Waals surface area contributed by atoms with E-state index in [4.69, 9.17) is 0 Å². The van der Waals surface area contributed by atoms with Crippen LogP contribution in [0.25, 0.3) is 11.9 Å². The number of hydrogen-bond donors (Lipinski definition) is 0. The fourth-order valence-electron chi connectivity index (χ4n) is 1.53. The van der Waals surface area contributed by atoms with Gasteiger partial charge in [-0.15, -0.1) is 0 Å². The minimum absolute atomic E-state index is 1.09. The SMILES string of the molecule is CCCC1=c2ccccc2=C[N]1. The van der Waals surface area contributed by atoms with Crippen LogP contribution in [0.5, 0.6) is 0 Å². The van der Waals surface area contributed by atoms with Crippen LogP contribution in [-0.2, 0) is 0 Å². The van der Waals surface area contributed by atoms with Crippen LogP contribution in [0.2, 0.25) is 0 Å². The topological polar surface area (TPSA) is 14.1 Å². The molecule has 0 spiro atoms. The molecule has 1 radical (unpaired) electrons. The van der Waals surface area contributed by atoms with E-state index in [2.05, 4.69) is 36.5 Å². The fourth-order valence-corrected chi connectivity index (χ4v) is 1.53. The Morgan fingerprint density at radius 1 is 1.25 bits per heavy atom. The molecule has 0 atom stereocenters. The van der Waals surface area contributed by atoms with Gasteiger partial charge in [-0.3, -0.25) is 5.32 Å². The maximum atomic E-state index is 4.39. The Morgan fingerprint density at radius 3 is 2.92 bits per heavy atom. The van der Waals surface area contributed by atoms with Crippen LogP contribution < -0.4 is 15.8 Å². The molecule has 12 heavy (non-hydrogen) atoms. The summed E-state index contributed by atoms with van der Waals surface area (Å²) < 4.78 is 0. The first-order chi connectivity index (χ1) is 5.92. The second-order valence-electron chi connectivity index (χ2n) is 3.04. The molecule has 1 aliphatic rings. The Balaban J connectivity index is 2.58. The van der Waals surface area contributed by atoms with E-state index in [1.807, 2.05) is 6.20 Å². The molecule has 1 nitrogen and oxygen atoms in total. The highest BCUT2D eigenvalue weighted by molar-refractivity contribution is 5.54. The minimum Gasteiger partial charge on any atom is -0.260 e. The van der Waals surface area contributed by atoms with Crippen molar-refractivity contribution < 1.29 is 0 Å². The second-order valence-corrected chi connectivity index (χ2v) is 3.04. The Labute approximate surface area is 72.4 Å². The van der Waals surface area contributed by atoms with Crippen LogP contribution in [-0.4, -0.2) is 0 Å². The van der Waals surface area contributed by atoms with E-state index < -0.39 is 0 Å². The molecular weight excluding hydrogens is 146 g/mol. The normalized spacial score (nSPS) is 13.6. The molecule has 1 aromatic rings. The van der Waals surface area contributed by atoms with Gasteiger partial charge < -0.3 is 0 Å². The molecular formula is C11H12N. The van der Waals surface area contributed by atoms with Crippen molar-refractivity contribution in [2.24, 2.45) is 0 Å². The highest BCUT2D eigenvalue weighted by atomic mass is 14.9. The smallest absolute Gasteiger partial charge is 0.0482 e. The van der Waals surface area contributed by atoms with Gasteiger partial charge in [-0.05, 0) is 6.42 Å². The zero-order chi connectivity index (χ0) is 8.39. The average molecular weight is 158 g/mol. The predicted octanol–water partition coefficient (Wildman–Crippen LogP) is 0.951. The van der Waals surface area contributed by atoms with E-state index in [9.17, 15) is 0 Å². The number of rotatable bonds is 2. The molecule has 0 saturated carbocycles. The quantitative estimate of drug-likeness (QED) is 0.608. The fraction of sp³-hybridized carbons (Fsp3) is 0.273. The summed E-state index contributed by atoms with van der Waals surface area (Å²) in [5, 5.41) is 6.97. The molecule has 0 aromatic heterocycles. The molecule has 0 amide bonds. The Morgan fingerprint density at radius 2 is 2.08 bits per heavy atom. The van der Waals surface area contributed by atoms with Gasteiger partial charge in [-0.25, -0.2) is 0 Å². The summed E-state index contributed by atoms with van der Waals surface area (Å²) in [6.45, 7) is 2.18. The van der Waals surface area contributed by atoms with Crippen LogP contribution in [0.4, 0.5) is 0 Å². The number of nitrogens with zero attached hydrogens (tertiary/aromatic N) is 1. The zero-order valence-electron chi connectivity index (χ0n) is 7.25. The van der Waals surface area contributed by atoms with Crippen LogP contribution in [0.1, 0.15) is 19.8 Å². The van der Waals surface area contributed by atoms with E-state index in [1.54, 1.807) is 0 Å². The van der Waals surface area contributed by atoms with Gasteiger partial charge in [0.1, 0.15) is 0 Å². The lowest BCUT2D eigenvalue weighted by Crippen LogP contribution is -2.21. The maximum absolute atomic E-state index is 4.39. The summed E-state index contributed by atoms with van der Waals surface area (Å²) in [6.07, 6.45) is 4.22. The van der Waals surface area contributed by atoms with Gasteiger partial charge in [-0.1, -0.05) is 37.6 Å². The van der Waals surface area contributed by atoms with Gasteiger partial charge in [0.05, 0.1) is 0 Å². The first-order valence-corrected chi connectivity index (χ1v) is 4.41. The van der Waals surface area contributed by atoms with Crippen molar-refractivity contribution in [3.05, 3.63) is 34.7 Å². The van der Waals surface area contributed by atoms with E-state index in [-0.39, 0.29) is 0 Å². The molecule has 1 aliphatic heterocycles. The van der Waals surface area contributed by atoms with E-state index in [1.165, 1.54) is 22.6 Å². The number of benzene rings is 1. The van der Waals surface area contributed by atoms with Crippen molar-refractivity contribution in [2.45, 2.75) is 19.8 Å². The van der Waals surface area contributed by atoms with E-state index in [0.717, 1.165) is 6.42 Å². The number of fused-ring (bicyclic) bond motifs is 1. The minimum atomic E-state index is 1.09. The highest BCUT2D eigenvalue weighted by Crippen LogP contribution is 2.02. The van der Waals surface area contributed by atoms with Crippen molar-refractivity contribution in [1.29, 1.82) is 0 Å². The van der Waals surface area contributed by atoms with Crippen molar-refractivity contribution in [1.82, 2.24) is 5.32 Å². The van der Waals surface area contributed by atoms with Crippen LogP contribution >= 0.6 is 0 Å². The van der Waals surface area contributed by atoms with Gasteiger partial charge in [0, 0.05) is 22.3 Å². The summed E-state index contributed by atoms with van der Waals surface area (Å²) in [4.78, 5) is 0. The monoisotopic (exact) mass is 158 g/mol. The van der Waals surface area contributed by atoms with Gasteiger partial charge in [-0.2, -0.15) is 0 Å². The predicted molar refractivity (Wildman–Crippen MR) is 50.6 cm³/mol. The Kier molecular flexibility index (Phi) is 1.86. The first kappa shape index (κ1) is 7.41. The molecule has 0 saturated heterocycles. The molecule has 1 aromatic carbocycles. The highest BCUT2D eigenvalue weighted by Gasteiger charge is 2.03. The Bertz CT molecular complexity index is 390. The van der Waals surface area contributed by atoms with Crippen molar-refractivity contribution in [3.63, 3.8) is 0 Å². The molecule has 0 fully saturated rings. The largest absolute Gasteiger partial charge is 0.260 e. The third kappa shape index (κ3) is 1.11. The lowest BCUT2D eigenvalue weighted by molar-refractivity contribution is 0.933. The van der Waals surface area contributed by atoms with Crippen molar-refractivity contribution in [3.8, 4) is 0 Å². The summed E-state index contributed by atoms with van der Waals surface area (Å²) in [7, 11) is 0. The van der Waals surface area contributed by atoms with Crippen molar-refractivity contribution >= 4 is 11.9 Å². The molecule has 2 rings (SSSR count). The zero-order valence-corrected chi connectivity index (χ0v) is 7.25. The second kappa shape index (κ2) is 3.02. The van der Waals surface area contributed by atoms with Crippen molar-refractivity contribution in [2.75, 3.05) is 0 Å². The third-order valence-corrected chi connectivity index (χ3v) is 2.12. The average Bonchev–Trinajstić information content (AvgIpc) is 2.50. The summed E-state index contributed by atoms with van der Waals surface area (Å²) in [5.41, 5.74) is 1.24. The molecule has 0 N–H and O–H groups in total. The third-order valence-electron chi connectivity index (χ3n) is 2.12. The summed E-state index contributed by atoms with van der Waals surface area (Å²) in [6, 6.07) is 8.39. The van der Waals surface area contributed by atoms with Gasteiger partial charge in [0.2, 0.25) is 0 Å². The van der Waals surface area contributed by atoms with Gasteiger partial charge >= 0.3 is 0 Å². The van der Waals surface area contributed by atoms with E-state index in [0.29, 0.717) is 0 Å². The first-order valence-electron chi connectivity index (χ1n) is 4.41. The number of hydrogen-bond acceptors (Lipinski definition) is 0. The molecule has 1 heteroatoms. The Hall–Kier alpha value is -1.24. The van der Waals surface area contributed by atoms with Crippen LogP contribution in [0, 0.1) is 0 Å². The molecule has 0 unspecified atom stereocenters.